The zero-order chi connectivity index (χ0) is 20.5. The molecule has 1 aromatic carbocycles. The molecule has 1 aliphatic rings. The number of aryl methyl sites for hydroxylation is 3. The molecule has 1 aliphatic carbocycles. The number of anilines is 1. The number of rotatable bonds is 5. The fraction of sp³-hybridized carbons (Fsp3) is 0.273. The molecular weight excluding hydrogens is 398 g/mol. The predicted molar refractivity (Wildman–Crippen MR) is 118 cm³/mol. The number of amides is 1. The minimum atomic E-state index is -0.142. The van der Waals surface area contributed by atoms with Crippen molar-refractivity contribution in [3.8, 4) is 11.3 Å². The van der Waals surface area contributed by atoms with Gasteiger partial charge in [-0.1, -0.05) is 12.1 Å². The van der Waals surface area contributed by atoms with Gasteiger partial charge >= 0.3 is 0 Å². The number of hydrogen-bond donors (Lipinski definition) is 2. The van der Waals surface area contributed by atoms with Crippen LogP contribution in [0.15, 0.2) is 47.7 Å². The molecule has 3 aromatic heterocycles. The highest BCUT2D eigenvalue weighted by Gasteiger charge is 2.20. The van der Waals surface area contributed by atoms with Crippen LogP contribution in [-0.4, -0.2) is 25.7 Å². The second kappa shape index (κ2) is 7.87. The summed E-state index contributed by atoms with van der Waals surface area (Å²) in [6.45, 7) is 0.304. The van der Waals surface area contributed by atoms with Gasteiger partial charge in [0.2, 0.25) is 5.91 Å². The van der Waals surface area contributed by atoms with Crippen molar-refractivity contribution in [1.82, 2.24) is 19.7 Å². The summed E-state index contributed by atoms with van der Waals surface area (Å²) >= 11 is 1.64. The molecule has 7 nitrogen and oxygen atoms in total. The number of carbonyl (C=O) groups is 1. The first kappa shape index (κ1) is 18.7. The first-order valence-corrected chi connectivity index (χ1v) is 10.9. The second-order valence-corrected chi connectivity index (χ2v) is 8.57. The van der Waals surface area contributed by atoms with E-state index in [0.29, 0.717) is 12.2 Å². The molecule has 30 heavy (non-hydrogen) atoms. The maximum Gasteiger partial charge on any atom is 0.262 e. The predicted octanol–water partition coefficient (Wildman–Crippen LogP) is 3.76. The molecule has 2 N–H and O–H groups in total. The lowest BCUT2D eigenvalue weighted by molar-refractivity contribution is -0.116. The molecular formula is C22H21N5O2S. The minimum Gasteiger partial charge on any atom is -0.326 e. The number of carbonyl (C=O) groups excluding carboxylic acids is 1. The van der Waals surface area contributed by atoms with E-state index in [0.717, 1.165) is 40.7 Å². The first-order chi connectivity index (χ1) is 14.7. The van der Waals surface area contributed by atoms with Gasteiger partial charge in [-0.25, -0.2) is 4.98 Å². The van der Waals surface area contributed by atoms with Crippen LogP contribution in [0.25, 0.3) is 21.5 Å². The van der Waals surface area contributed by atoms with Gasteiger partial charge in [-0.15, -0.1) is 11.3 Å². The molecule has 0 fully saturated rings. The molecule has 5 rings (SSSR count). The maximum atomic E-state index is 13.0. The third-order valence-electron chi connectivity index (χ3n) is 5.48. The number of nitrogens with one attached hydrogen (secondary N) is 2. The lowest BCUT2D eigenvalue weighted by Crippen LogP contribution is -2.24. The summed E-state index contributed by atoms with van der Waals surface area (Å²) in [6, 6.07) is 9.44. The largest absolute Gasteiger partial charge is 0.326 e. The Labute approximate surface area is 176 Å². The van der Waals surface area contributed by atoms with Crippen molar-refractivity contribution >= 4 is 33.1 Å². The Balaban J connectivity index is 1.30. The van der Waals surface area contributed by atoms with Crippen LogP contribution < -0.4 is 10.9 Å². The SMILES string of the molecule is O=C(CCn1cnc2sc3c(c2c1=O)CCCC3)Nc1cccc(-c2ccn[nH]2)c1. The molecule has 8 heteroatoms. The molecule has 0 saturated heterocycles. The van der Waals surface area contributed by atoms with Crippen LogP contribution >= 0.6 is 11.3 Å². The van der Waals surface area contributed by atoms with Gasteiger partial charge in [0.15, 0.2) is 0 Å². The van der Waals surface area contributed by atoms with Crippen molar-refractivity contribution in [2.24, 2.45) is 0 Å². The molecule has 1 amide bonds. The smallest absolute Gasteiger partial charge is 0.262 e. The Morgan fingerprint density at radius 1 is 1.23 bits per heavy atom. The third-order valence-corrected chi connectivity index (χ3v) is 6.68. The maximum absolute atomic E-state index is 13.0. The monoisotopic (exact) mass is 419 g/mol. The van der Waals surface area contributed by atoms with Crippen molar-refractivity contribution in [3.63, 3.8) is 0 Å². The number of nitrogens with zero attached hydrogens (tertiary/aromatic N) is 3. The number of hydrogen-bond acceptors (Lipinski definition) is 5. The lowest BCUT2D eigenvalue weighted by atomic mass is 9.97. The van der Waals surface area contributed by atoms with Crippen LogP contribution in [0, 0.1) is 0 Å². The number of benzene rings is 1. The Hall–Kier alpha value is -3.26. The van der Waals surface area contributed by atoms with Crippen LogP contribution in [0.5, 0.6) is 0 Å². The Bertz CT molecular complexity index is 1270. The second-order valence-electron chi connectivity index (χ2n) is 7.48. The van der Waals surface area contributed by atoms with E-state index in [4.69, 9.17) is 0 Å². The molecule has 4 aromatic rings. The summed E-state index contributed by atoms with van der Waals surface area (Å²) in [7, 11) is 0. The highest BCUT2D eigenvalue weighted by atomic mass is 32.1. The standard InChI is InChI=1S/C22H21N5O2S/c28-19(25-15-5-3-4-14(12-15)17-8-10-24-26-17)9-11-27-13-23-21-20(22(27)29)16-6-1-2-7-18(16)30-21/h3-5,8,10,12-13H,1-2,6-7,9,11H2,(H,24,26)(H,25,28). The Morgan fingerprint density at radius 3 is 3.00 bits per heavy atom. The molecule has 0 saturated carbocycles. The zero-order valence-corrected chi connectivity index (χ0v) is 17.2. The van der Waals surface area contributed by atoms with E-state index in [1.807, 2.05) is 30.3 Å². The molecule has 0 atom stereocenters. The highest BCUT2D eigenvalue weighted by Crippen LogP contribution is 2.33. The van der Waals surface area contributed by atoms with E-state index in [1.165, 1.54) is 16.9 Å². The van der Waals surface area contributed by atoms with Crippen molar-refractivity contribution in [3.05, 3.63) is 63.7 Å². The average molecular weight is 420 g/mol. The summed E-state index contributed by atoms with van der Waals surface area (Å²) in [6.07, 6.45) is 7.74. The summed E-state index contributed by atoms with van der Waals surface area (Å²) in [5, 5.41) is 10.5. The van der Waals surface area contributed by atoms with Gasteiger partial charge in [-0.2, -0.15) is 5.10 Å². The highest BCUT2D eigenvalue weighted by molar-refractivity contribution is 7.18. The number of H-pyrrole nitrogens is 1. The summed E-state index contributed by atoms with van der Waals surface area (Å²) in [5.41, 5.74) is 3.68. The van der Waals surface area contributed by atoms with Crippen LogP contribution in [0.2, 0.25) is 0 Å². The van der Waals surface area contributed by atoms with E-state index in [9.17, 15) is 9.59 Å². The average Bonchev–Trinajstić information content (AvgIpc) is 3.42. The fourth-order valence-electron chi connectivity index (χ4n) is 3.97. The quantitative estimate of drug-likeness (QED) is 0.515. The van der Waals surface area contributed by atoms with E-state index >= 15 is 0 Å². The molecule has 0 aliphatic heterocycles. The molecule has 0 unspecified atom stereocenters. The lowest BCUT2D eigenvalue weighted by Gasteiger charge is -2.11. The molecule has 3 heterocycles. The van der Waals surface area contributed by atoms with Crippen LogP contribution in [0.1, 0.15) is 29.7 Å². The van der Waals surface area contributed by atoms with E-state index < -0.39 is 0 Å². The van der Waals surface area contributed by atoms with Crippen LogP contribution in [-0.2, 0) is 24.2 Å². The van der Waals surface area contributed by atoms with Crippen LogP contribution in [0.3, 0.4) is 0 Å². The number of aromatic nitrogens is 4. The van der Waals surface area contributed by atoms with Crippen molar-refractivity contribution < 1.29 is 4.79 Å². The van der Waals surface area contributed by atoms with E-state index in [2.05, 4.69) is 20.5 Å². The Kier molecular flexibility index (Phi) is 4.92. The topological polar surface area (TPSA) is 92.7 Å². The number of aromatic amines is 1. The first-order valence-electron chi connectivity index (χ1n) is 10.1. The van der Waals surface area contributed by atoms with Crippen molar-refractivity contribution in [1.29, 1.82) is 0 Å². The minimum absolute atomic E-state index is 0.0338. The van der Waals surface area contributed by atoms with Gasteiger partial charge in [-0.3, -0.25) is 19.3 Å². The number of thiophene rings is 1. The van der Waals surface area contributed by atoms with Gasteiger partial charge < -0.3 is 5.32 Å². The van der Waals surface area contributed by atoms with Crippen molar-refractivity contribution in [2.75, 3.05) is 5.32 Å². The van der Waals surface area contributed by atoms with Crippen LogP contribution in [0.4, 0.5) is 5.69 Å². The fourth-order valence-corrected chi connectivity index (χ4v) is 5.19. The normalized spacial score (nSPS) is 13.3. The Morgan fingerprint density at radius 2 is 2.13 bits per heavy atom. The summed E-state index contributed by atoms with van der Waals surface area (Å²) in [4.78, 5) is 32.1. The van der Waals surface area contributed by atoms with E-state index in [-0.39, 0.29) is 17.9 Å². The molecule has 0 radical (unpaired) electrons. The van der Waals surface area contributed by atoms with Gasteiger partial charge in [-0.05, 0) is 49.4 Å². The van der Waals surface area contributed by atoms with Gasteiger partial charge in [0.05, 0.1) is 17.4 Å². The molecule has 0 spiro atoms. The van der Waals surface area contributed by atoms with Gasteiger partial charge in [0.25, 0.3) is 5.56 Å². The molecule has 0 bridgehead atoms. The van der Waals surface area contributed by atoms with Gasteiger partial charge in [0.1, 0.15) is 4.83 Å². The van der Waals surface area contributed by atoms with E-state index in [1.54, 1.807) is 28.4 Å². The summed E-state index contributed by atoms with van der Waals surface area (Å²) in [5.74, 6) is -0.142. The van der Waals surface area contributed by atoms with Crippen molar-refractivity contribution in [2.45, 2.75) is 38.6 Å². The summed E-state index contributed by atoms with van der Waals surface area (Å²) < 4.78 is 1.56. The zero-order valence-electron chi connectivity index (χ0n) is 16.4. The number of fused-ring (bicyclic) bond motifs is 3. The third kappa shape index (κ3) is 3.54. The van der Waals surface area contributed by atoms with Gasteiger partial charge in [0, 0.05) is 35.3 Å². The molecule has 152 valence electrons.